The average Bonchev–Trinajstić information content (AvgIpc) is 3.34. The first kappa shape index (κ1) is 25.8. The Balaban J connectivity index is 1.31. The van der Waals surface area contributed by atoms with Crippen LogP contribution in [0.2, 0.25) is 0 Å². The Bertz CT molecular complexity index is 1310. The number of hydrogen-bond acceptors (Lipinski definition) is 7. The molecule has 10 heteroatoms. The number of benzene rings is 2. The number of nitrogens with one attached hydrogen (secondary N) is 1. The van der Waals surface area contributed by atoms with E-state index in [9.17, 15) is 13.2 Å². The number of carbonyl (C=O) groups is 1. The summed E-state index contributed by atoms with van der Waals surface area (Å²) < 4.78 is 38.1. The standard InChI is InChI=1S/C26H32N4O5S/c1-17(2)26-28-24(29-35-26)16-19-5-7-21(8-6-19)27-25(31)20-11-13-30(14-12-20)36(32,33)22-9-10-23(34-4)18(3)15-22/h5-10,15,17,20H,11-14,16H2,1-4H3,(H,27,31). The molecule has 1 saturated heterocycles. The smallest absolute Gasteiger partial charge is 0.243 e. The van der Waals surface area contributed by atoms with Crippen molar-refractivity contribution in [3.63, 3.8) is 0 Å². The van der Waals surface area contributed by atoms with E-state index in [2.05, 4.69) is 15.5 Å². The predicted molar refractivity (Wildman–Crippen MR) is 135 cm³/mol. The molecular formula is C26H32N4O5S. The summed E-state index contributed by atoms with van der Waals surface area (Å²) in [6.45, 7) is 6.41. The van der Waals surface area contributed by atoms with Crippen molar-refractivity contribution in [3.05, 3.63) is 65.3 Å². The molecule has 1 aliphatic rings. The lowest BCUT2D eigenvalue weighted by atomic mass is 9.97. The Morgan fingerprint density at radius 1 is 1.17 bits per heavy atom. The molecule has 1 aromatic heterocycles. The van der Waals surface area contributed by atoms with Crippen LogP contribution < -0.4 is 10.1 Å². The molecule has 2 heterocycles. The predicted octanol–water partition coefficient (Wildman–Crippen LogP) is 4.14. The minimum Gasteiger partial charge on any atom is -0.496 e. The van der Waals surface area contributed by atoms with Gasteiger partial charge in [-0.2, -0.15) is 9.29 Å². The highest BCUT2D eigenvalue weighted by Gasteiger charge is 2.32. The van der Waals surface area contributed by atoms with Gasteiger partial charge in [-0.25, -0.2) is 8.42 Å². The van der Waals surface area contributed by atoms with Gasteiger partial charge in [0.1, 0.15) is 5.75 Å². The monoisotopic (exact) mass is 512 g/mol. The first-order chi connectivity index (χ1) is 17.2. The Hall–Kier alpha value is -3.24. The van der Waals surface area contributed by atoms with Crippen LogP contribution in [0.4, 0.5) is 5.69 Å². The molecule has 0 radical (unpaired) electrons. The van der Waals surface area contributed by atoms with Gasteiger partial charge in [-0.15, -0.1) is 0 Å². The van der Waals surface area contributed by atoms with Gasteiger partial charge in [-0.3, -0.25) is 4.79 Å². The van der Waals surface area contributed by atoms with Crippen LogP contribution in [-0.2, 0) is 21.2 Å². The SMILES string of the molecule is COc1ccc(S(=O)(=O)N2CCC(C(=O)Nc3ccc(Cc4noc(C(C)C)n4)cc3)CC2)cc1C. The average molecular weight is 513 g/mol. The van der Waals surface area contributed by atoms with Gasteiger partial charge < -0.3 is 14.6 Å². The molecule has 0 spiro atoms. The first-order valence-corrected chi connectivity index (χ1v) is 13.5. The fourth-order valence-electron chi connectivity index (χ4n) is 4.23. The topological polar surface area (TPSA) is 115 Å². The lowest BCUT2D eigenvalue weighted by molar-refractivity contribution is -0.120. The molecule has 0 unspecified atom stereocenters. The molecule has 0 bridgehead atoms. The van der Waals surface area contributed by atoms with Gasteiger partial charge in [0, 0.05) is 37.0 Å². The highest BCUT2D eigenvalue weighted by molar-refractivity contribution is 7.89. The normalized spacial score (nSPS) is 15.2. The third kappa shape index (κ3) is 5.76. The minimum absolute atomic E-state index is 0.0974. The lowest BCUT2D eigenvalue weighted by Gasteiger charge is -2.30. The summed E-state index contributed by atoms with van der Waals surface area (Å²) in [4.78, 5) is 17.5. The Morgan fingerprint density at radius 3 is 2.44 bits per heavy atom. The van der Waals surface area contributed by atoms with Crippen molar-refractivity contribution < 1.29 is 22.5 Å². The highest BCUT2D eigenvalue weighted by atomic mass is 32.2. The van der Waals surface area contributed by atoms with E-state index in [1.165, 1.54) is 4.31 Å². The molecule has 2 aromatic carbocycles. The summed E-state index contributed by atoms with van der Waals surface area (Å²) in [6, 6.07) is 12.4. The number of rotatable bonds is 8. The number of sulfonamides is 1. The molecule has 3 aromatic rings. The molecular weight excluding hydrogens is 480 g/mol. The molecule has 1 fully saturated rings. The number of piperidine rings is 1. The van der Waals surface area contributed by atoms with Gasteiger partial charge >= 0.3 is 0 Å². The van der Waals surface area contributed by atoms with Crippen LogP contribution >= 0.6 is 0 Å². The molecule has 9 nitrogen and oxygen atoms in total. The van der Waals surface area contributed by atoms with E-state index < -0.39 is 10.0 Å². The van der Waals surface area contributed by atoms with E-state index in [1.54, 1.807) is 25.3 Å². The zero-order valence-electron chi connectivity index (χ0n) is 21.0. The van der Waals surface area contributed by atoms with Crippen LogP contribution in [0.15, 0.2) is 51.9 Å². The second-order valence-electron chi connectivity index (χ2n) is 9.38. The molecule has 0 aliphatic carbocycles. The number of methoxy groups -OCH3 is 1. The van der Waals surface area contributed by atoms with Crippen molar-refractivity contribution >= 4 is 21.6 Å². The number of aromatic nitrogens is 2. The third-order valence-corrected chi connectivity index (χ3v) is 8.28. The summed E-state index contributed by atoms with van der Waals surface area (Å²) in [7, 11) is -2.07. The molecule has 1 amide bonds. The Morgan fingerprint density at radius 2 is 1.86 bits per heavy atom. The zero-order valence-corrected chi connectivity index (χ0v) is 21.8. The van der Waals surface area contributed by atoms with Crippen molar-refractivity contribution in [1.82, 2.24) is 14.4 Å². The molecule has 4 rings (SSSR count). The van der Waals surface area contributed by atoms with E-state index in [1.807, 2.05) is 45.0 Å². The van der Waals surface area contributed by atoms with Crippen molar-refractivity contribution in [3.8, 4) is 5.75 Å². The second-order valence-corrected chi connectivity index (χ2v) is 11.3. The summed E-state index contributed by atoms with van der Waals surface area (Å²) in [5.41, 5.74) is 2.47. The molecule has 36 heavy (non-hydrogen) atoms. The van der Waals surface area contributed by atoms with E-state index >= 15 is 0 Å². The number of hydrogen-bond donors (Lipinski definition) is 1. The first-order valence-electron chi connectivity index (χ1n) is 12.0. The maximum absolute atomic E-state index is 13.1. The van der Waals surface area contributed by atoms with E-state index in [0.29, 0.717) is 55.5 Å². The van der Waals surface area contributed by atoms with Crippen LogP contribution in [0.3, 0.4) is 0 Å². The molecule has 0 atom stereocenters. The summed E-state index contributed by atoms with van der Waals surface area (Å²) in [6.07, 6.45) is 1.48. The Kier molecular flexibility index (Phi) is 7.75. The quantitative estimate of drug-likeness (QED) is 0.482. The number of aryl methyl sites for hydroxylation is 1. The van der Waals surface area contributed by atoms with E-state index in [4.69, 9.17) is 9.26 Å². The van der Waals surface area contributed by atoms with Gasteiger partial charge in [0.05, 0.1) is 12.0 Å². The Labute approximate surface area is 211 Å². The summed E-state index contributed by atoms with van der Waals surface area (Å²) >= 11 is 0. The van der Waals surface area contributed by atoms with E-state index in [0.717, 1.165) is 11.1 Å². The summed E-state index contributed by atoms with van der Waals surface area (Å²) in [5.74, 6) is 1.73. The van der Waals surface area contributed by atoms with Crippen molar-refractivity contribution in [2.45, 2.75) is 50.8 Å². The van der Waals surface area contributed by atoms with Crippen molar-refractivity contribution in [2.24, 2.45) is 5.92 Å². The number of amides is 1. The third-order valence-electron chi connectivity index (χ3n) is 6.39. The van der Waals surface area contributed by atoms with Gasteiger partial charge in [0.2, 0.25) is 21.8 Å². The molecule has 0 saturated carbocycles. The van der Waals surface area contributed by atoms with Crippen LogP contribution in [0.1, 0.15) is 55.4 Å². The van der Waals surface area contributed by atoms with Crippen LogP contribution in [0.5, 0.6) is 5.75 Å². The second kappa shape index (κ2) is 10.8. The van der Waals surface area contributed by atoms with Crippen LogP contribution in [0.25, 0.3) is 0 Å². The van der Waals surface area contributed by atoms with Gasteiger partial charge in [0.15, 0.2) is 5.82 Å². The van der Waals surface area contributed by atoms with Crippen molar-refractivity contribution in [2.75, 3.05) is 25.5 Å². The summed E-state index contributed by atoms with van der Waals surface area (Å²) in [5, 5.41) is 6.97. The van der Waals surface area contributed by atoms with Crippen LogP contribution in [-0.4, -0.2) is 49.0 Å². The van der Waals surface area contributed by atoms with Crippen molar-refractivity contribution in [1.29, 1.82) is 0 Å². The maximum atomic E-state index is 13.1. The zero-order chi connectivity index (χ0) is 25.9. The van der Waals surface area contributed by atoms with Gasteiger partial charge in [-0.05, 0) is 61.2 Å². The number of carbonyl (C=O) groups excluding carboxylic acids is 1. The van der Waals surface area contributed by atoms with E-state index in [-0.39, 0.29) is 22.6 Å². The van der Waals surface area contributed by atoms with Crippen LogP contribution in [0, 0.1) is 12.8 Å². The largest absolute Gasteiger partial charge is 0.496 e. The number of ether oxygens (including phenoxy) is 1. The number of anilines is 1. The fourth-order valence-corrected chi connectivity index (χ4v) is 5.78. The number of nitrogens with zero attached hydrogens (tertiary/aromatic N) is 3. The molecule has 192 valence electrons. The highest BCUT2D eigenvalue weighted by Crippen LogP contribution is 2.28. The van der Waals surface area contributed by atoms with Gasteiger partial charge in [-0.1, -0.05) is 31.1 Å². The van der Waals surface area contributed by atoms with Gasteiger partial charge in [0.25, 0.3) is 0 Å². The molecule has 1 N–H and O–H groups in total. The maximum Gasteiger partial charge on any atom is 0.243 e. The lowest BCUT2D eigenvalue weighted by Crippen LogP contribution is -2.41. The molecule has 1 aliphatic heterocycles. The fraction of sp³-hybridized carbons (Fsp3) is 0.423. The minimum atomic E-state index is -3.62.